The van der Waals surface area contributed by atoms with Crippen LogP contribution in [0.3, 0.4) is 0 Å². The normalized spacial score (nSPS) is 11.1. The van der Waals surface area contributed by atoms with Gasteiger partial charge in [0.15, 0.2) is 0 Å². The molecule has 0 aromatic heterocycles. The van der Waals surface area contributed by atoms with Crippen LogP contribution in [0.15, 0.2) is 42.0 Å². The maximum absolute atomic E-state index is 11.6. The Morgan fingerprint density at radius 2 is 1.96 bits per heavy atom. The average molecular weight is 379 g/mol. The zero-order chi connectivity index (χ0) is 20.8. The first-order chi connectivity index (χ1) is 13.3. The topological polar surface area (TPSA) is 105 Å². The number of nitriles is 1. The van der Waals surface area contributed by atoms with E-state index < -0.39 is 10.8 Å². The first-order valence-electron chi connectivity index (χ1n) is 8.67. The summed E-state index contributed by atoms with van der Waals surface area (Å²) in [6, 6.07) is 11.8. The van der Waals surface area contributed by atoms with E-state index in [2.05, 4.69) is 5.32 Å². The highest BCUT2D eigenvalue weighted by molar-refractivity contribution is 6.01. The standard InChI is InChI=1S/C21H21N3O4/c1-13(2)17-7-5-14(3)9-20(17)28-19-8-6-15(11-18(19)24(26)27)10-16(12-22)21(25)23-4/h5-11,13H,1-4H3,(H,23,25)/b16-10+. The third kappa shape index (κ3) is 4.74. The summed E-state index contributed by atoms with van der Waals surface area (Å²) in [5.41, 5.74) is 1.87. The average Bonchev–Trinajstić information content (AvgIpc) is 2.66. The van der Waals surface area contributed by atoms with Crippen LogP contribution in [-0.4, -0.2) is 17.9 Å². The van der Waals surface area contributed by atoms with Gasteiger partial charge in [0.1, 0.15) is 17.4 Å². The van der Waals surface area contributed by atoms with Gasteiger partial charge in [0, 0.05) is 13.1 Å². The van der Waals surface area contributed by atoms with Gasteiger partial charge in [0.2, 0.25) is 5.75 Å². The third-order valence-corrected chi connectivity index (χ3v) is 4.09. The monoisotopic (exact) mass is 379 g/mol. The Bertz CT molecular complexity index is 988. The molecule has 7 nitrogen and oxygen atoms in total. The first kappa shape index (κ1) is 20.6. The van der Waals surface area contributed by atoms with E-state index in [0.29, 0.717) is 11.3 Å². The summed E-state index contributed by atoms with van der Waals surface area (Å²) < 4.78 is 5.89. The summed E-state index contributed by atoms with van der Waals surface area (Å²) in [5.74, 6) is 0.270. The number of nitrogens with zero attached hydrogens (tertiary/aromatic N) is 2. The molecule has 0 heterocycles. The van der Waals surface area contributed by atoms with Crippen molar-refractivity contribution in [1.82, 2.24) is 5.32 Å². The van der Waals surface area contributed by atoms with Gasteiger partial charge in [-0.15, -0.1) is 0 Å². The van der Waals surface area contributed by atoms with Gasteiger partial charge in [-0.1, -0.05) is 32.0 Å². The molecule has 0 spiro atoms. The molecule has 7 heteroatoms. The van der Waals surface area contributed by atoms with Crippen LogP contribution >= 0.6 is 0 Å². The molecule has 0 atom stereocenters. The van der Waals surface area contributed by atoms with Crippen molar-refractivity contribution in [3.63, 3.8) is 0 Å². The molecule has 0 saturated heterocycles. The number of hydrogen-bond acceptors (Lipinski definition) is 5. The Balaban J connectivity index is 2.50. The molecule has 0 radical (unpaired) electrons. The van der Waals surface area contributed by atoms with Crippen LogP contribution in [0.4, 0.5) is 5.69 Å². The second kappa shape index (κ2) is 8.82. The van der Waals surface area contributed by atoms with E-state index in [1.165, 1.54) is 25.3 Å². The van der Waals surface area contributed by atoms with Crippen molar-refractivity contribution in [3.8, 4) is 17.6 Å². The highest BCUT2D eigenvalue weighted by Gasteiger charge is 2.19. The highest BCUT2D eigenvalue weighted by Crippen LogP contribution is 2.36. The van der Waals surface area contributed by atoms with Crippen LogP contribution in [0.1, 0.15) is 36.5 Å². The maximum Gasteiger partial charge on any atom is 0.312 e. The Kier molecular flexibility index (Phi) is 6.51. The van der Waals surface area contributed by atoms with Gasteiger partial charge in [-0.25, -0.2) is 0 Å². The number of rotatable bonds is 6. The van der Waals surface area contributed by atoms with E-state index >= 15 is 0 Å². The number of nitrogens with one attached hydrogen (secondary N) is 1. The van der Waals surface area contributed by atoms with Crippen LogP contribution < -0.4 is 10.1 Å². The fourth-order valence-corrected chi connectivity index (χ4v) is 2.63. The summed E-state index contributed by atoms with van der Waals surface area (Å²) in [5, 5.41) is 23.0. The van der Waals surface area contributed by atoms with E-state index in [9.17, 15) is 14.9 Å². The Hall–Kier alpha value is -3.66. The molecule has 0 fully saturated rings. The van der Waals surface area contributed by atoms with Gasteiger partial charge in [-0.2, -0.15) is 5.26 Å². The molecule has 0 aliphatic heterocycles. The lowest BCUT2D eigenvalue weighted by Crippen LogP contribution is -2.19. The minimum atomic E-state index is -0.563. The minimum absolute atomic E-state index is 0.0908. The lowest BCUT2D eigenvalue weighted by molar-refractivity contribution is -0.385. The molecule has 1 amide bonds. The molecule has 2 aromatic rings. The number of ether oxygens (including phenoxy) is 1. The van der Waals surface area contributed by atoms with Crippen molar-refractivity contribution in [2.24, 2.45) is 0 Å². The van der Waals surface area contributed by atoms with Crippen LogP contribution in [0, 0.1) is 28.4 Å². The number of aryl methyl sites for hydroxylation is 1. The Morgan fingerprint density at radius 3 is 2.54 bits per heavy atom. The fraction of sp³-hybridized carbons (Fsp3) is 0.238. The molecule has 28 heavy (non-hydrogen) atoms. The van der Waals surface area contributed by atoms with E-state index in [1.807, 2.05) is 39.0 Å². The second-order valence-electron chi connectivity index (χ2n) is 6.53. The Labute approximate surface area is 163 Å². The summed E-state index contributed by atoms with van der Waals surface area (Å²) in [4.78, 5) is 22.7. The number of carbonyl (C=O) groups excluding carboxylic acids is 1. The predicted octanol–water partition coefficient (Wildman–Crippen LogP) is 4.47. The van der Waals surface area contributed by atoms with Crippen molar-refractivity contribution in [2.45, 2.75) is 26.7 Å². The predicted molar refractivity (Wildman–Crippen MR) is 106 cm³/mol. The zero-order valence-electron chi connectivity index (χ0n) is 16.1. The van der Waals surface area contributed by atoms with Crippen LogP contribution in [0.2, 0.25) is 0 Å². The fourth-order valence-electron chi connectivity index (χ4n) is 2.63. The SMILES string of the molecule is CNC(=O)/C(C#N)=C/c1ccc(Oc2cc(C)ccc2C(C)C)c([N+](=O)[O-])c1. The smallest absolute Gasteiger partial charge is 0.312 e. The van der Waals surface area contributed by atoms with Gasteiger partial charge in [-0.05, 0) is 47.7 Å². The van der Waals surface area contributed by atoms with E-state index in [4.69, 9.17) is 10.00 Å². The minimum Gasteiger partial charge on any atom is -0.450 e. The summed E-state index contributed by atoms with van der Waals surface area (Å²) in [7, 11) is 1.40. The van der Waals surface area contributed by atoms with Crippen molar-refractivity contribution in [3.05, 3.63) is 68.8 Å². The van der Waals surface area contributed by atoms with Crippen molar-refractivity contribution < 1.29 is 14.5 Å². The molecule has 0 unspecified atom stereocenters. The molecule has 2 aromatic carbocycles. The number of nitro benzene ring substituents is 1. The number of nitro groups is 1. The number of carbonyl (C=O) groups is 1. The van der Waals surface area contributed by atoms with Crippen LogP contribution in [0.25, 0.3) is 6.08 Å². The van der Waals surface area contributed by atoms with Crippen LogP contribution in [0.5, 0.6) is 11.5 Å². The molecule has 2 rings (SSSR count). The number of amides is 1. The Morgan fingerprint density at radius 1 is 1.25 bits per heavy atom. The van der Waals surface area contributed by atoms with E-state index in [-0.39, 0.29) is 22.9 Å². The number of benzene rings is 2. The lowest BCUT2D eigenvalue weighted by Gasteiger charge is -2.15. The highest BCUT2D eigenvalue weighted by atomic mass is 16.6. The van der Waals surface area contributed by atoms with Crippen LogP contribution in [-0.2, 0) is 4.79 Å². The quantitative estimate of drug-likeness (QED) is 0.345. The van der Waals surface area contributed by atoms with Gasteiger partial charge in [0.05, 0.1) is 4.92 Å². The van der Waals surface area contributed by atoms with Gasteiger partial charge >= 0.3 is 5.69 Å². The third-order valence-electron chi connectivity index (χ3n) is 4.09. The van der Waals surface area contributed by atoms with Gasteiger partial charge < -0.3 is 10.1 Å². The molecule has 144 valence electrons. The molecule has 0 aliphatic carbocycles. The molecular weight excluding hydrogens is 358 g/mol. The number of likely N-dealkylation sites (N-methyl/N-ethyl adjacent to an activating group) is 1. The van der Waals surface area contributed by atoms with Gasteiger partial charge in [0.25, 0.3) is 5.91 Å². The number of hydrogen-bond donors (Lipinski definition) is 1. The molecule has 0 aliphatic rings. The second-order valence-corrected chi connectivity index (χ2v) is 6.53. The van der Waals surface area contributed by atoms with E-state index in [1.54, 1.807) is 12.1 Å². The van der Waals surface area contributed by atoms with Crippen molar-refractivity contribution >= 4 is 17.7 Å². The van der Waals surface area contributed by atoms with Crippen molar-refractivity contribution in [1.29, 1.82) is 5.26 Å². The maximum atomic E-state index is 11.6. The largest absolute Gasteiger partial charge is 0.450 e. The molecule has 0 bridgehead atoms. The molecule has 1 N–H and O–H groups in total. The molecular formula is C21H21N3O4. The summed E-state index contributed by atoms with van der Waals surface area (Å²) in [6.45, 7) is 5.95. The van der Waals surface area contributed by atoms with E-state index in [0.717, 1.165) is 11.1 Å². The summed E-state index contributed by atoms with van der Waals surface area (Å²) in [6.07, 6.45) is 1.29. The zero-order valence-corrected chi connectivity index (χ0v) is 16.1. The van der Waals surface area contributed by atoms with Crippen molar-refractivity contribution in [2.75, 3.05) is 7.05 Å². The summed E-state index contributed by atoms with van der Waals surface area (Å²) >= 11 is 0. The lowest BCUT2D eigenvalue weighted by atomic mass is 10.0. The van der Waals surface area contributed by atoms with Gasteiger partial charge in [-0.3, -0.25) is 14.9 Å². The molecule has 0 saturated carbocycles. The first-order valence-corrected chi connectivity index (χ1v) is 8.67.